The number of carbonyl (C=O) groups is 1. The summed E-state index contributed by atoms with van der Waals surface area (Å²) in [4.78, 5) is 15.2. The molecule has 29 heavy (non-hydrogen) atoms. The smallest absolute Gasteiger partial charge is 0.338 e. The Bertz CT molecular complexity index is 870. The van der Waals surface area contributed by atoms with E-state index in [9.17, 15) is 9.90 Å². The SMILES string of the molecule is COc1ccc([C@@H]2C[C@@H](OC(=O)c3ccc(Br)cc3)C[C@H]3CCCCN32)cc1O. The number of carbonyl (C=O) groups excluding carboxylic acids is 1. The number of piperidine rings is 2. The van der Waals surface area contributed by atoms with Crippen molar-refractivity contribution in [2.45, 2.75) is 50.3 Å². The number of ether oxygens (including phenoxy) is 2. The third-order valence-corrected chi connectivity index (χ3v) is 6.56. The summed E-state index contributed by atoms with van der Waals surface area (Å²) in [5.41, 5.74) is 1.61. The van der Waals surface area contributed by atoms with Crippen LogP contribution in [0.4, 0.5) is 0 Å². The van der Waals surface area contributed by atoms with Crippen LogP contribution >= 0.6 is 15.9 Å². The van der Waals surface area contributed by atoms with Gasteiger partial charge < -0.3 is 14.6 Å². The number of rotatable bonds is 4. The first-order chi connectivity index (χ1) is 14.0. The van der Waals surface area contributed by atoms with E-state index in [1.807, 2.05) is 18.2 Å². The fourth-order valence-electron chi connectivity index (χ4n) is 4.61. The first kappa shape index (κ1) is 20.2. The van der Waals surface area contributed by atoms with Crippen LogP contribution in [0.5, 0.6) is 11.5 Å². The Hall–Kier alpha value is -2.05. The molecule has 154 valence electrons. The van der Waals surface area contributed by atoms with Gasteiger partial charge in [0.05, 0.1) is 12.7 Å². The summed E-state index contributed by atoms with van der Waals surface area (Å²) in [6, 6.07) is 13.4. The lowest BCUT2D eigenvalue weighted by Crippen LogP contribution is -2.49. The van der Waals surface area contributed by atoms with Gasteiger partial charge in [-0.1, -0.05) is 28.4 Å². The monoisotopic (exact) mass is 459 g/mol. The molecule has 0 radical (unpaired) electrons. The van der Waals surface area contributed by atoms with Crippen LogP contribution in [0, 0.1) is 0 Å². The molecular formula is C23H26BrNO4. The fourth-order valence-corrected chi connectivity index (χ4v) is 4.88. The number of halogens is 1. The number of phenols is 1. The highest BCUT2D eigenvalue weighted by molar-refractivity contribution is 9.10. The van der Waals surface area contributed by atoms with Crippen LogP contribution in [0.1, 0.15) is 54.1 Å². The van der Waals surface area contributed by atoms with Crippen molar-refractivity contribution in [2.75, 3.05) is 13.7 Å². The van der Waals surface area contributed by atoms with Gasteiger partial charge in [-0.2, -0.15) is 0 Å². The zero-order chi connectivity index (χ0) is 20.4. The number of nitrogens with zero attached hydrogens (tertiary/aromatic N) is 1. The van der Waals surface area contributed by atoms with Crippen LogP contribution in [0.25, 0.3) is 0 Å². The molecule has 5 nitrogen and oxygen atoms in total. The highest BCUT2D eigenvalue weighted by Crippen LogP contribution is 2.41. The molecule has 0 aliphatic carbocycles. The number of methoxy groups -OCH3 is 1. The largest absolute Gasteiger partial charge is 0.504 e. The molecule has 0 unspecified atom stereocenters. The Balaban J connectivity index is 1.55. The van der Waals surface area contributed by atoms with Crippen molar-refractivity contribution >= 4 is 21.9 Å². The standard InChI is InChI=1S/C23H26BrNO4/c1-28-22-10-7-16(12-21(22)26)20-14-19(13-18-4-2-3-11-25(18)20)29-23(27)15-5-8-17(24)9-6-15/h5-10,12,18-20,26H,2-4,11,13-14H2,1H3/t18-,19+,20+/m1/s1. The molecule has 2 aliphatic heterocycles. The Morgan fingerprint density at radius 1 is 1.14 bits per heavy atom. The molecule has 0 amide bonds. The van der Waals surface area contributed by atoms with Gasteiger partial charge in [-0.3, -0.25) is 4.90 Å². The third kappa shape index (κ3) is 4.43. The molecule has 4 rings (SSSR count). The summed E-state index contributed by atoms with van der Waals surface area (Å²) in [7, 11) is 1.55. The van der Waals surface area contributed by atoms with Gasteiger partial charge in [-0.15, -0.1) is 0 Å². The molecule has 1 N–H and O–H groups in total. The quantitative estimate of drug-likeness (QED) is 0.646. The van der Waals surface area contributed by atoms with E-state index in [1.54, 1.807) is 31.4 Å². The Morgan fingerprint density at radius 3 is 2.66 bits per heavy atom. The lowest BCUT2D eigenvalue weighted by atomic mass is 9.84. The molecule has 6 heteroatoms. The maximum atomic E-state index is 12.7. The summed E-state index contributed by atoms with van der Waals surface area (Å²) >= 11 is 3.39. The minimum atomic E-state index is -0.275. The number of phenolic OH excluding ortho intramolecular Hbond substituents is 1. The maximum Gasteiger partial charge on any atom is 0.338 e. The van der Waals surface area contributed by atoms with E-state index in [0.29, 0.717) is 17.4 Å². The van der Waals surface area contributed by atoms with Gasteiger partial charge in [0.15, 0.2) is 11.5 Å². The maximum absolute atomic E-state index is 12.7. The highest BCUT2D eigenvalue weighted by atomic mass is 79.9. The van der Waals surface area contributed by atoms with Crippen molar-refractivity contribution in [3.8, 4) is 11.5 Å². The molecule has 0 spiro atoms. The molecule has 2 aromatic carbocycles. The molecule has 3 atom stereocenters. The van der Waals surface area contributed by atoms with Gasteiger partial charge >= 0.3 is 5.97 Å². The van der Waals surface area contributed by atoms with Crippen LogP contribution in [0.15, 0.2) is 46.9 Å². The van der Waals surface area contributed by atoms with Crippen LogP contribution in [0.2, 0.25) is 0 Å². The molecule has 0 saturated carbocycles. The van der Waals surface area contributed by atoms with E-state index in [2.05, 4.69) is 20.8 Å². The summed E-state index contributed by atoms with van der Waals surface area (Å²) in [6.07, 6.45) is 4.95. The van der Waals surface area contributed by atoms with Gasteiger partial charge in [0.25, 0.3) is 0 Å². The molecule has 2 aliphatic rings. The van der Waals surface area contributed by atoms with Crippen molar-refractivity contribution in [1.29, 1.82) is 0 Å². The minimum absolute atomic E-state index is 0.119. The summed E-state index contributed by atoms with van der Waals surface area (Å²) < 4.78 is 12.0. The predicted molar refractivity (Wildman–Crippen MR) is 114 cm³/mol. The van der Waals surface area contributed by atoms with Crippen molar-refractivity contribution in [1.82, 2.24) is 4.90 Å². The number of benzene rings is 2. The summed E-state index contributed by atoms with van der Waals surface area (Å²) in [6.45, 7) is 1.04. The number of hydrogen-bond donors (Lipinski definition) is 1. The number of aromatic hydroxyl groups is 1. The second-order valence-corrected chi connectivity index (χ2v) is 8.76. The van der Waals surface area contributed by atoms with Crippen molar-refractivity contribution in [3.05, 3.63) is 58.1 Å². The molecule has 0 bridgehead atoms. The molecular weight excluding hydrogens is 434 g/mol. The fraction of sp³-hybridized carbons (Fsp3) is 0.435. The molecule has 0 aromatic heterocycles. The van der Waals surface area contributed by atoms with E-state index in [-0.39, 0.29) is 23.9 Å². The van der Waals surface area contributed by atoms with E-state index in [4.69, 9.17) is 9.47 Å². The van der Waals surface area contributed by atoms with Gasteiger partial charge in [0, 0.05) is 29.4 Å². The van der Waals surface area contributed by atoms with Crippen LogP contribution in [0.3, 0.4) is 0 Å². The van der Waals surface area contributed by atoms with Gasteiger partial charge in [0.1, 0.15) is 6.10 Å². The minimum Gasteiger partial charge on any atom is -0.504 e. The second-order valence-electron chi connectivity index (χ2n) is 7.84. The lowest BCUT2D eigenvalue weighted by Gasteiger charge is -2.47. The normalized spacial score (nSPS) is 24.6. The zero-order valence-electron chi connectivity index (χ0n) is 16.5. The lowest BCUT2D eigenvalue weighted by molar-refractivity contribution is -0.0364. The van der Waals surface area contributed by atoms with E-state index >= 15 is 0 Å². The van der Waals surface area contributed by atoms with E-state index in [0.717, 1.165) is 35.8 Å². The van der Waals surface area contributed by atoms with Gasteiger partial charge in [0.2, 0.25) is 0 Å². The Morgan fingerprint density at radius 2 is 1.93 bits per heavy atom. The van der Waals surface area contributed by atoms with Crippen LogP contribution in [-0.2, 0) is 4.74 Å². The van der Waals surface area contributed by atoms with Crippen molar-refractivity contribution in [2.24, 2.45) is 0 Å². The van der Waals surface area contributed by atoms with Crippen LogP contribution < -0.4 is 4.74 Å². The second kappa shape index (κ2) is 8.76. The molecule has 2 saturated heterocycles. The number of fused-ring (bicyclic) bond motifs is 1. The summed E-state index contributed by atoms with van der Waals surface area (Å²) in [5.74, 6) is 0.341. The summed E-state index contributed by atoms with van der Waals surface area (Å²) in [5, 5.41) is 10.3. The zero-order valence-corrected chi connectivity index (χ0v) is 18.1. The Labute approximate surface area is 179 Å². The average molecular weight is 460 g/mol. The molecule has 2 fully saturated rings. The topological polar surface area (TPSA) is 59.0 Å². The van der Waals surface area contributed by atoms with Crippen molar-refractivity contribution < 1.29 is 19.4 Å². The predicted octanol–water partition coefficient (Wildman–Crippen LogP) is 5.08. The van der Waals surface area contributed by atoms with Crippen molar-refractivity contribution in [3.63, 3.8) is 0 Å². The Kier molecular flexibility index (Phi) is 6.11. The van der Waals surface area contributed by atoms with E-state index < -0.39 is 0 Å². The highest BCUT2D eigenvalue weighted by Gasteiger charge is 2.39. The molecule has 2 aromatic rings. The third-order valence-electron chi connectivity index (χ3n) is 6.04. The van der Waals surface area contributed by atoms with Gasteiger partial charge in [-0.05, 0) is 61.3 Å². The van der Waals surface area contributed by atoms with Crippen LogP contribution in [-0.4, -0.2) is 41.8 Å². The first-order valence-electron chi connectivity index (χ1n) is 10.1. The van der Waals surface area contributed by atoms with Gasteiger partial charge in [-0.25, -0.2) is 4.79 Å². The van der Waals surface area contributed by atoms with E-state index in [1.165, 1.54) is 12.8 Å². The number of esters is 1. The first-order valence-corrected chi connectivity index (χ1v) is 10.9. The number of hydrogen-bond acceptors (Lipinski definition) is 5. The average Bonchev–Trinajstić information content (AvgIpc) is 2.73. The molecule has 2 heterocycles.